The molecule has 1 heterocycles. The first-order valence-corrected chi connectivity index (χ1v) is 8.63. The van der Waals surface area contributed by atoms with Crippen LogP contribution >= 0.6 is 11.6 Å². The predicted octanol–water partition coefficient (Wildman–Crippen LogP) is 4.35. The number of rotatable bonds is 5. The first kappa shape index (κ1) is 18.6. The molecule has 0 aliphatic carbocycles. The second-order valence-corrected chi connectivity index (χ2v) is 6.23. The smallest absolute Gasteiger partial charge is 0.283 e. The van der Waals surface area contributed by atoms with Gasteiger partial charge in [0, 0.05) is 5.56 Å². The Hall–Kier alpha value is -3.18. The van der Waals surface area contributed by atoms with Gasteiger partial charge in [-0.2, -0.15) is 10.1 Å². The molecule has 0 radical (unpaired) electrons. The van der Waals surface area contributed by atoms with Crippen LogP contribution in [0.25, 0.3) is 6.08 Å². The molecule has 2 aromatic rings. The molecule has 3 rings (SSSR count). The van der Waals surface area contributed by atoms with Crippen LogP contribution in [-0.4, -0.2) is 29.1 Å². The summed E-state index contributed by atoms with van der Waals surface area (Å²) in [7, 11) is 0. The van der Waals surface area contributed by atoms with Crippen molar-refractivity contribution >= 4 is 35.2 Å². The summed E-state index contributed by atoms with van der Waals surface area (Å²) >= 11 is 6.21. The molecule has 6 heteroatoms. The Labute approximate surface area is 162 Å². The number of imide groups is 1. The highest BCUT2D eigenvalue weighted by molar-refractivity contribution is 6.33. The largest absolute Gasteiger partial charge is 0.488 e. The van der Waals surface area contributed by atoms with E-state index >= 15 is 0 Å². The first-order chi connectivity index (χ1) is 13.0. The van der Waals surface area contributed by atoms with Crippen LogP contribution in [0.3, 0.4) is 0 Å². The number of hydrazone groups is 1. The third kappa shape index (κ3) is 3.99. The van der Waals surface area contributed by atoms with E-state index in [0.717, 1.165) is 5.01 Å². The molecule has 1 aliphatic heterocycles. The van der Waals surface area contributed by atoms with Gasteiger partial charge in [0.2, 0.25) is 0 Å². The van der Waals surface area contributed by atoms with Crippen LogP contribution in [0.4, 0.5) is 0 Å². The van der Waals surface area contributed by atoms with Crippen LogP contribution < -0.4 is 4.74 Å². The molecule has 2 aromatic carbocycles. The summed E-state index contributed by atoms with van der Waals surface area (Å²) < 4.78 is 5.44. The number of halogens is 1. The fraction of sp³-hybridized carbons (Fsp3) is 0.0952. The molecule has 0 unspecified atom stereocenters. The van der Waals surface area contributed by atoms with Gasteiger partial charge >= 0.3 is 0 Å². The van der Waals surface area contributed by atoms with Crippen LogP contribution in [0.5, 0.6) is 5.75 Å². The zero-order valence-corrected chi connectivity index (χ0v) is 15.4. The maximum absolute atomic E-state index is 12.7. The van der Waals surface area contributed by atoms with Crippen molar-refractivity contribution in [3.63, 3.8) is 0 Å². The Morgan fingerprint density at radius 1 is 1.26 bits per heavy atom. The van der Waals surface area contributed by atoms with E-state index in [1.807, 2.05) is 0 Å². The maximum Gasteiger partial charge on any atom is 0.283 e. The van der Waals surface area contributed by atoms with Gasteiger partial charge in [-0.1, -0.05) is 48.5 Å². The van der Waals surface area contributed by atoms with Gasteiger partial charge in [-0.3, -0.25) is 9.59 Å². The third-order valence-electron chi connectivity index (χ3n) is 3.90. The molecular formula is C21H17ClN2O3. The summed E-state index contributed by atoms with van der Waals surface area (Å²) in [6, 6.07) is 13.7. The molecule has 27 heavy (non-hydrogen) atoms. The maximum atomic E-state index is 12.7. The van der Waals surface area contributed by atoms with E-state index in [1.54, 1.807) is 67.6 Å². The van der Waals surface area contributed by atoms with Crippen molar-refractivity contribution in [3.05, 3.63) is 82.9 Å². The van der Waals surface area contributed by atoms with Gasteiger partial charge in [-0.05, 0) is 42.8 Å². The average molecular weight is 381 g/mol. The number of carbonyl (C=O) groups is 2. The Kier molecular flexibility index (Phi) is 5.52. The second-order valence-electron chi connectivity index (χ2n) is 5.82. The first-order valence-electron chi connectivity index (χ1n) is 8.25. The van der Waals surface area contributed by atoms with E-state index in [0.29, 0.717) is 39.8 Å². The number of amides is 2. The molecule has 136 valence electrons. The minimum atomic E-state index is -0.468. The van der Waals surface area contributed by atoms with Crippen molar-refractivity contribution in [2.45, 2.75) is 6.92 Å². The van der Waals surface area contributed by atoms with Crippen LogP contribution in [-0.2, 0) is 4.79 Å². The molecule has 0 atom stereocenters. The van der Waals surface area contributed by atoms with Crippen LogP contribution in [0.1, 0.15) is 22.8 Å². The summed E-state index contributed by atoms with van der Waals surface area (Å²) in [6.07, 6.45) is 3.28. The Morgan fingerprint density at radius 3 is 2.67 bits per heavy atom. The van der Waals surface area contributed by atoms with Crippen molar-refractivity contribution in [1.29, 1.82) is 0 Å². The molecular weight excluding hydrogens is 364 g/mol. The van der Waals surface area contributed by atoms with E-state index in [2.05, 4.69) is 11.7 Å². The van der Waals surface area contributed by atoms with E-state index in [4.69, 9.17) is 16.3 Å². The number of benzene rings is 2. The summed E-state index contributed by atoms with van der Waals surface area (Å²) in [5.41, 5.74) is 1.91. The van der Waals surface area contributed by atoms with Crippen molar-refractivity contribution in [1.82, 2.24) is 5.01 Å². The molecule has 0 bridgehead atoms. The number of hydrogen-bond donors (Lipinski definition) is 0. The Balaban J connectivity index is 1.84. The van der Waals surface area contributed by atoms with Crippen molar-refractivity contribution in [2.75, 3.05) is 6.61 Å². The van der Waals surface area contributed by atoms with Crippen LogP contribution in [0.15, 0.2) is 71.9 Å². The Morgan fingerprint density at radius 2 is 2.00 bits per heavy atom. The third-order valence-corrected chi connectivity index (χ3v) is 4.19. The summed E-state index contributed by atoms with van der Waals surface area (Å²) in [4.78, 5) is 25.2. The van der Waals surface area contributed by atoms with Crippen molar-refractivity contribution < 1.29 is 14.3 Å². The van der Waals surface area contributed by atoms with E-state index in [9.17, 15) is 9.59 Å². The molecule has 0 saturated heterocycles. The summed E-state index contributed by atoms with van der Waals surface area (Å²) in [5, 5.41) is 5.43. The van der Waals surface area contributed by atoms with Gasteiger partial charge in [-0.15, -0.1) is 0 Å². The molecule has 1 aliphatic rings. The van der Waals surface area contributed by atoms with Gasteiger partial charge in [0.1, 0.15) is 12.4 Å². The second kappa shape index (κ2) is 8.01. The van der Waals surface area contributed by atoms with Gasteiger partial charge in [-0.25, -0.2) is 0 Å². The number of carbonyl (C=O) groups excluding carboxylic acids is 2. The minimum absolute atomic E-state index is 0.343. The number of nitrogens with zero attached hydrogens (tertiary/aromatic N) is 2. The highest BCUT2D eigenvalue weighted by atomic mass is 35.5. The van der Waals surface area contributed by atoms with Gasteiger partial charge in [0.25, 0.3) is 11.8 Å². The fourth-order valence-corrected chi connectivity index (χ4v) is 2.81. The SMILES string of the molecule is C=CCOc1ccc(/C=C2/C(=O)N(C(=O)c3ccccc3)N=C2C)cc1Cl. The topological polar surface area (TPSA) is 59.0 Å². The molecule has 0 spiro atoms. The van der Waals surface area contributed by atoms with E-state index in [-0.39, 0.29) is 0 Å². The fourth-order valence-electron chi connectivity index (χ4n) is 2.56. The van der Waals surface area contributed by atoms with Crippen LogP contribution in [0, 0.1) is 0 Å². The van der Waals surface area contributed by atoms with Gasteiger partial charge < -0.3 is 4.74 Å². The predicted molar refractivity (Wildman–Crippen MR) is 106 cm³/mol. The normalized spacial score (nSPS) is 15.0. The minimum Gasteiger partial charge on any atom is -0.488 e. The molecule has 0 fully saturated rings. The van der Waals surface area contributed by atoms with Gasteiger partial charge in [0.05, 0.1) is 16.3 Å². The zero-order chi connectivity index (χ0) is 19.4. The monoisotopic (exact) mass is 380 g/mol. The summed E-state index contributed by atoms with van der Waals surface area (Å²) in [6.45, 7) is 5.62. The number of ether oxygens (including phenoxy) is 1. The molecule has 2 amide bonds. The lowest BCUT2D eigenvalue weighted by atomic mass is 10.1. The molecule has 0 N–H and O–H groups in total. The van der Waals surface area contributed by atoms with Gasteiger partial charge in [0.15, 0.2) is 0 Å². The highest BCUT2D eigenvalue weighted by Gasteiger charge is 2.32. The Bertz CT molecular complexity index is 965. The molecule has 5 nitrogen and oxygen atoms in total. The molecule has 0 saturated carbocycles. The lowest BCUT2D eigenvalue weighted by Gasteiger charge is -2.09. The number of hydrogen-bond acceptors (Lipinski definition) is 4. The average Bonchev–Trinajstić information content (AvgIpc) is 2.95. The standard InChI is InChI=1S/C21H17ClN2O3/c1-3-11-27-19-10-9-15(13-18(19)22)12-17-14(2)23-24(21(17)26)20(25)16-7-5-4-6-8-16/h3-10,12-13H,1,11H2,2H3/b17-12+. The van der Waals surface area contributed by atoms with Crippen molar-refractivity contribution in [2.24, 2.45) is 5.10 Å². The summed E-state index contributed by atoms with van der Waals surface area (Å²) in [5.74, 6) is -0.401. The quantitative estimate of drug-likeness (QED) is 0.440. The zero-order valence-electron chi connectivity index (χ0n) is 14.7. The lowest BCUT2D eigenvalue weighted by molar-refractivity contribution is -0.123. The highest BCUT2D eigenvalue weighted by Crippen LogP contribution is 2.28. The van der Waals surface area contributed by atoms with E-state index in [1.165, 1.54) is 0 Å². The lowest BCUT2D eigenvalue weighted by Crippen LogP contribution is -2.29. The molecule has 0 aromatic heterocycles. The van der Waals surface area contributed by atoms with Crippen molar-refractivity contribution in [3.8, 4) is 5.75 Å². The van der Waals surface area contributed by atoms with Crippen LogP contribution in [0.2, 0.25) is 5.02 Å². The van der Waals surface area contributed by atoms with E-state index < -0.39 is 11.8 Å².